The number of aliphatic carboxylic acids is 3. The number of carboxylic acids is 3. The number of hydrogen-bond donors (Lipinski definition) is 4. The predicted octanol–water partition coefficient (Wildman–Crippen LogP) is 2.90. The number of rotatable bonds is 14. The van der Waals surface area contributed by atoms with Gasteiger partial charge in [0.25, 0.3) is 5.91 Å². The maximum absolute atomic E-state index is 15.4. The van der Waals surface area contributed by atoms with Crippen molar-refractivity contribution in [3.63, 3.8) is 0 Å². The van der Waals surface area contributed by atoms with Crippen LogP contribution in [0.5, 0.6) is 0 Å². The SMILES string of the molecule is C[C@H]([C@H](CCc1ccccc1)c1ccc(-c2ccccc2)c(F)c1)N(CC(=O)O)C(=O)[C@H](O)[C@@H](CC(=O)O)C(=O)O.[Na].[Na].[Na]. The molecule has 0 unspecified atom stereocenters. The average molecular weight is 635 g/mol. The summed E-state index contributed by atoms with van der Waals surface area (Å²) in [6.07, 6.45) is -2.50. The molecule has 0 heterocycles. The molecule has 0 aliphatic rings. The van der Waals surface area contributed by atoms with Crippen LogP contribution in [-0.2, 0) is 25.6 Å². The van der Waals surface area contributed by atoms with Crippen molar-refractivity contribution in [2.24, 2.45) is 5.92 Å². The van der Waals surface area contributed by atoms with Crippen LogP contribution in [0.3, 0.4) is 0 Å². The molecule has 4 N–H and O–H groups in total. The standard InChI is InChI=1S/C31H32FNO8.3Na/c1-19(33(18-28(36)37)30(39)29(38)25(31(40)41)17-27(34)35)23(14-12-20-8-4-2-5-9-20)22-13-15-24(26(32)16-22)21-10-6-3-7-11-21;;;/h2-11,13,15-16,19,23,25,29,38H,12,14,17-18H2,1H3,(H,34,35)(H,36,37)(H,40,41);;;/t19-,23+,25-,29-;;;/m1.../s1. The van der Waals surface area contributed by atoms with E-state index in [0.717, 1.165) is 10.5 Å². The summed E-state index contributed by atoms with van der Waals surface area (Å²) in [6.45, 7) is 0.655. The van der Waals surface area contributed by atoms with Gasteiger partial charge in [-0.3, -0.25) is 19.2 Å². The Hall–Kier alpha value is -1.57. The van der Waals surface area contributed by atoms with E-state index in [2.05, 4.69) is 0 Å². The molecule has 0 aromatic heterocycles. The van der Waals surface area contributed by atoms with Gasteiger partial charge in [-0.15, -0.1) is 0 Å². The van der Waals surface area contributed by atoms with E-state index in [1.807, 2.05) is 36.4 Å². The molecule has 9 nitrogen and oxygen atoms in total. The molecule has 0 bridgehead atoms. The summed E-state index contributed by atoms with van der Waals surface area (Å²) < 4.78 is 15.4. The van der Waals surface area contributed by atoms with Crippen molar-refractivity contribution in [2.45, 2.75) is 44.2 Å². The monoisotopic (exact) mass is 634 g/mol. The summed E-state index contributed by atoms with van der Waals surface area (Å²) in [4.78, 5) is 48.8. The molecule has 219 valence electrons. The summed E-state index contributed by atoms with van der Waals surface area (Å²) >= 11 is 0. The largest absolute Gasteiger partial charge is 0.481 e. The summed E-state index contributed by atoms with van der Waals surface area (Å²) in [5.41, 5.74) is 2.45. The van der Waals surface area contributed by atoms with E-state index in [9.17, 15) is 34.5 Å². The number of halogens is 1. The number of carboxylic acid groups (broad SMARTS) is 3. The number of benzene rings is 3. The minimum absolute atomic E-state index is 0. The summed E-state index contributed by atoms with van der Waals surface area (Å²) in [5, 5.41) is 38.7. The van der Waals surface area contributed by atoms with Crippen molar-refractivity contribution >= 4 is 112 Å². The second kappa shape index (κ2) is 20.5. The van der Waals surface area contributed by atoms with E-state index < -0.39 is 66.6 Å². The Morgan fingerprint density at radius 2 is 1.39 bits per heavy atom. The maximum Gasteiger partial charge on any atom is 0.323 e. The van der Waals surface area contributed by atoms with Crippen LogP contribution in [0.25, 0.3) is 11.1 Å². The van der Waals surface area contributed by atoms with Gasteiger partial charge in [0.2, 0.25) is 0 Å². The fourth-order valence-corrected chi connectivity index (χ4v) is 4.92. The molecule has 0 fully saturated rings. The average Bonchev–Trinajstić information content (AvgIpc) is 2.94. The Morgan fingerprint density at radius 3 is 1.89 bits per heavy atom. The molecule has 0 saturated heterocycles. The number of carbonyl (C=O) groups is 4. The third kappa shape index (κ3) is 12.0. The molecular formula is C31H32FNNa3O8. The van der Waals surface area contributed by atoms with E-state index in [0.29, 0.717) is 29.5 Å². The van der Waals surface area contributed by atoms with E-state index in [1.165, 1.54) is 6.07 Å². The molecule has 0 aliphatic heterocycles. The van der Waals surface area contributed by atoms with E-state index >= 15 is 4.39 Å². The van der Waals surface area contributed by atoms with Crippen LogP contribution in [0.1, 0.15) is 36.8 Å². The molecule has 3 radical (unpaired) electrons. The van der Waals surface area contributed by atoms with Gasteiger partial charge in [0, 0.05) is 106 Å². The molecule has 0 saturated carbocycles. The summed E-state index contributed by atoms with van der Waals surface area (Å²) in [6, 6.07) is 21.9. The van der Waals surface area contributed by atoms with Gasteiger partial charge in [-0.1, -0.05) is 72.8 Å². The van der Waals surface area contributed by atoms with Gasteiger partial charge in [-0.2, -0.15) is 0 Å². The van der Waals surface area contributed by atoms with Gasteiger partial charge < -0.3 is 25.3 Å². The topological polar surface area (TPSA) is 152 Å². The zero-order chi connectivity index (χ0) is 30.1. The second-order valence-corrected chi connectivity index (χ2v) is 9.82. The molecule has 3 rings (SSSR count). The van der Waals surface area contributed by atoms with E-state index in [-0.39, 0.29) is 88.7 Å². The van der Waals surface area contributed by atoms with Crippen molar-refractivity contribution in [3.8, 4) is 11.1 Å². The van der Waals surface area contributed by atoms with Gasteiger partial charge in [0.05, 0.1) is 6.42 Å². The first kappa shape index (κ1) is 42.4. The first-order valence-corrected chi connectivity index (χ1v) is 13.0. The minimum Gasteiger partial charge on any atom is -0.481 e. The molecule has 1 amide bonds. The van der Waals surface area contributed by atoms with Crippen molar-refractivity contribution in [2.75, 3.05) is 6.54 Å². The van der Waals surface area contributed by atoms with Crippen LogP contribution in [0, 0.1) is 11.7 Å². The van der Waals surface area contributed by atoms with Gasteiger partial charge in [0.1, 0.15) is 24.4 Å². The number of aryl methyl sites for hydroxylation is 1. The van der Waals surface area contributed by atoms with E-state index in [4.69, 9.17) is 5.11 Å². The predicted molar refractivity (Wildman–Crippen MR) is 165 cm³/mol. The fourth-order valence-electron chi connectivity index (χ4n) is 4.92. The van der Waals surface area contributed by atoms with Crippen molar-refractivity contribution in [3.05, 3.63) is 95.8 Å². The second-order valence-electron chi connectivity index (χ2n) is 9.82. The van der Waals surface area contributed by atoms with Crippen LogP contribution < -0.4 is 0 Å². The number of nitrogens with zero attached hydrogens (tertiary/aromatic N) is 1. The van der Waals surface area contributed by atoms with Crippen molar-refractivity contribution < 1.29 is 44.0 Å². The van der Waals surface area contributed by atoms with Crippen LogP contribution in [0.2, 0.25) is 0 Å². The number of carbonyl (C=O) groups excluding carboxylic acids is 1. The summed E-state index contributed by atoms with van der Waals surface area (Å²) in [7, 11) is 0. The molecular weight excluding hydrogens is 602 g/mol. The van der Waals surface area contributed by atoms with Gasteiger partial charge in [-0.25, -0.2) is 4.39 Å². The van der Waals surface area contributed by atoms with Crippen molar-refractivity contribution in [1.29, 1.82) is 0 Å². The minimum atomic E-state index is -2.31. The normalized spacial score (nSPS) is 13.0. The zero-order valence-electron chi connectivity index (χ0n) is 25.4. The molecule has 3 aromatic carbocycles. The number of aliphatic hydroxyl groups excluding tert-OH is 1. The first-order chi connectivity index (χ1) is 19.5. The summed E-state index contributed by atoms with van der Waals surface area (Å²) in [5.74, 6) is -9.06. The van der Waals surface area contributed by atoms with Gasteiger partial charge in [0.15, 0.2) is 0 Å². The Bertz CT molecular complexity index is 1380. The first-order valence-electron chi connectivity index (χ1n) is 13.0. The van der Waals surface area contributed by atoms with Crippen LogP contribution in [0.15, 0.2) is 78.9 Å². The zero-order valence-corrected chi connectivity index (χ0v) is 31.4. The molecule has 0 aliphatic carbocycles. The van der Waals surface area contributed by atoms with E-state index in [1.54, 1.807) is 43.3 Å². The number of amides is 1. The Balaban J connectivity index is 0.00000616. The Morgan fingerprint density at radius 1 is 0.818 bits per heavy atom. The molecule has 3 aromatic rings. The Labute approximate surface area is 321 Å². The molecule has 0 spiro atoms. The molecule has 4 atom stereocenters. The third-order valence-electron chi connectivity index (χ3n) is 7.10. The smallest absolute Gasteiger partial charge is 0.323 e. The Kier molecular flexibility index (Phi) is 19.8. The third-order valence-corrected chi connectivity index (χ3v) is 7.10. The van der Waals surface area contributed by atoms with Crippen LogP contribution in [-0.4, -0.2) is 157 Å². The van der Waals surface area contributed by atoms with Crippen molar-refractivity contribution in [1.82, 2.24) is 4.90 Å². The molecule has 44 heavy (non-hydrogen) atoms. The van der Waals surface area contributed by atoms with Crippen LogP contribution >= 0.6 is 0 Å². The maximum atomic E-state index is 15.4. The van der Waals surface area contributed by atoms with Gasteiger partial charge >= 0.3 is 17.9 Å². The van der Waals surface area contributed by atoms with Gasteiger partial charge in [-0.05, 0) is 42.5 Å². The number of hydrogen-bond acceptors (Lipinski definition) is 5. The quantitative estimate of drug-likeness (QED) is 0.198. The number of aliphatic hydroxyl groups is 1. The fraction of sp³-hybridized carbons (Fsp3) is 0.290. The van der Waals surface area contributed by atoms with Crippen LogP contribution in [0.4, 0.5) is 4.39 Å². The molecule has 13 heteroatoms.